The number of aromatic nitrogens is 1. The highest BCUT2D eigenvalue weighted by molar-refractivity contribution is 5.81. The summed E-state index contributed by atoms with van der Waals surface area (Å²) in [6, 6.07) is 3.88. The van der Waals surface area contributed by atoms with Crippen LogP contribution in [0.5, 0.6) is 0 Å². The molecule has 0 aliphatic carbocycles. The fourth-order valence-electron chi connectivity index (χ4n) is 1.67. The van der Waals surface area contributed by atoms with Gasteiger partial charge in [0.15, 0.2) is 0 Å². The fourth-order valence-corrected chi connectivity index (χ4v) is 1.67. The number of pyridine rings is 1. The number of rotatable bonds is 6. The van der Waals surface area contributed by atoms with E-state index in [0.717, 1.165) is 23.5 Å². The van der Waals surface area contributed by atoms with Crippen LogP contribution in [0.15, 0.2) is 12.1 Å². The lowest BCUT2D eigenvalue weighted by atomic mass is 10.2. The Morgan fingerprint density at radius 1 is 1.50 bits per heavy atom. The number of anilines is 1. The molecule has 0 aliphatic heterocycles. The van der Waals surface area contributed by atoms with Crippen molar-refractivity contribution in [3.8, 4) is 0 Å². The predicted octanol–water partition coefficient (Wildman–Crippen LogP) is 0.811. The summed E-state index contributed by atoms with van der Waals surface area (Å²) in [7, 11) is 1.85. The summed E-state index contributed by atoms with van der Waals surface area (Å²) in [6.45, 7) is 5.37. The third kappa shape index (κ3) is 4.00. The maximum atomic E-state index is 11.7. The lowest BCUT2D eigenvalue weighted by Crippen LogP contribution is -2.36. The van der Waals surface area contributed by atoms with E-state index in [1.54, 1.807) is 0 Å². The minimum absolute atomic E-state index is 0.00521. The van der Waals surface area contributed by atoms with Crippen molar-refractivity contribution in [2.75, 3.05) is 25.0 Å². The SMILES string of the molecule is CCCNC(=O)CN(C)c1nc(C)ccc1CN. The molecule has 1 aromatic heterocycles. The Kier molecular flexibility index (Phi) is 5.58. The highest BCUT2D eigenvalue weighted by Gasteiger charge is 2.11. The van der Waals surface area contributed by atoms with Crippen LogP contribution in [0.25, 0.3) is 0 Å². The molecule has 0 fully saturated rings. The lowest BCUT2D eigenvalue weighted by molar-refractivity contribution is -0.119. The largest absolute Gasteiger partial charge is 0.355 e. The first-order chi connectivity index (χ1) is 8.58. The molecule has 1 heterocycles. The molecule has 1 amide bonds. The Morgan fingerprint density at radius 3 is 2.83 bits per heavy atom. The van der Waals surface area contributed by atoms with Gasteiger partial charge in [-0.2, -0.15) is 0 Å². The number of hydrogen-bond acceptors (Lipinski definition) is 4. The number of amides is 1. The molecule has 0 bridgehead atoms. The number of nitrogens with zero attached hydrogens (tertiary/aromatic N) is 2. The topological polar surface area (TPSA) is 71.2 Å². The summed E-state index contributed by atoms with van der Waals surface area (Å²) < 4.78 is 0. The average molecular weight is 250 g/mol. The number of likely N-dealkylation sites (N-methyl/N-ethyl adjacent to an activating group) is 1. The molecular weight excluding hydrogens is 228 g/mol. The third-order valence-corrected chi connectivity index (χ3v) is 2.63. The molecule has 0 unspecified atom stereocenters. The maximum Gasteiger partial charge on any atom is 0.239 e. The van der Waals surface area contributed by atoms with Crippen LogP contribution >= 0.6 is 0 Å². The molecule has 18 heavy (non-hydrogen) atoms. The van der Waals surface area contributed by atoms with E-state index in [9.17, 15) is 4.79 Å². The fraction of sp³-hybridized carbons (Fsp3) is 0.538. The third-order valence-electron chi connectivity index (χ3n) is 2.63. The molecular formula is C13H22N4O. The monoisotopic (exact) mass is 250 g/mol. The number of nitrogens with one attached hydrogen (secondary N) is 1. The van der Waals surface area contributed by atoms with Gasteiger partial charge >= 0.3 is 0 Å². The van der Waals surface area contributed by atoms with E-state index in [1.807, 2.05) is 37.9 Å². The van der Waals surface area contributed by atoms with Crippen LogP contribution in [-0.2, 0) is 11.3 Å². The molecule has 1 rings (SSSR count). The molecule has 0 spiro atoms. The molecule has 0 radical (unpaired) electrons. The molecule has 1 aromatic rings. The zero-order valence-electron chi connectivity index (χ0n) is 11.4. The summed E-state index contributed by atoms with van der Waals surface area (Å²) in [4.78, 5) is 17.9. The number of nitrogens with two attached hydrogens (primary N) is 1. The first-order valence-corrected chi connectivity index (χ1v) is 6.23. The van der Waals surface area contributed by atoms with Gasteiger partial charge in [-0.15, -0.1) is 0 Å². The van der Waals surface area contributed by atoms with Crippen LogP contribution in [0, 0.1) is 6.92 Å². The van der Waals surface area contributed by atoms with E-state index in [0.29, 0.717) is 19.6 Å². The number of carbonyl (C=O) groups is 1. The molecule has 0 saturated carbocycles. The molecule has 5 nitrogen and oxygen atoms in total. The van der Waals surface area contributed by atoms with E-state index >= 15 is 0 Å². The molecule has 3 N–H and O–H groups in total. The summed E-state index contributed by atoms with van der Waals surface area (Å²) >= 11 is 0. The number of hydrogen-bond donors (Lipinski definition) is 2. The normalized spacial score (nSPS) is 10.2. The zero-order valence-corrected chi connectivity index (χ0v) is 11.4. The highest BCUT2D eigenvalue weighted by Crippen LogP contribution is 2.16. The van der Waals surface area contributed by atoms with Gasteiger partial charge in [0.1, 0.15) is 5.82 Å². The van der Waals surface area contributed by atoms with Crippen molar-refractivity contribution in [2.45, 2.75) is 26.8 Å². The van der Waals surface area contributed by atoms with Crippen molar-refractivity contribution in [2.24, 2.45) is 5.73 Å². The molecule has 5 heteroatoms. The Morgan fingerprint density at radius 2 is 2.22 bits per heavy atom. The van der Waals surface area contributed by atoms with Crippen molar-refractivity contribution in [3.05, 3.63) is 23.4 Å². The predicted molar refractivity (Wildman–Crippen MR) is 73.4 cm³/mol. The van der Waals surface area contributed by atoms with Crippen LogP contribution in [0.3, 0.4) is 0 Å². The quantitative estimate of drug-likeness (QED) is 0.784. The van der Waals surface area contributed by atoms with Gasteiger partial charge < -0.3 is 16.0 Å². The van der Waals surface area contributed by atoms with Crippen LogP contribution < -0.4 is 16.0 Å². The zero-order chi connectivity index (χ0) is 13.5. The van der Waals surface area contributed by atoms with Crippen molar-refractivity contribution in [1.29, 1.82) is 0 Å². The average Bonchev–Trinajstić information content (AvgIpc) is 2.36. The smallest absolute Gasteiger partial charge is 0.239 e. The van der Waals surface area contributed by atoms with Gasteiger partial charge in [-0.3, -0.25) is 4.79 Å². The molecule has 0 atom stereocenters. The standard InChI is InChI=1S/C13H22N4O/c1-4-7-15-12(18)9-17(3)13-11(8-14)6-5-10(2)16-13/h5-6H,4,7-9,14H2,1-3H3,(H,15,18). The molecule has 100 valence electrons. The summed E-state index contributed by atoms with van der Waals surface area (Å²) in [5.74, 6) is 0.787. The Labute approximate surface area is 108 Å². The van der Waals surface area contributed by atoms with E-state index in [4.69, 9.17) is 5.73 Å². The molecule has 0 aromatic carbocycles. The molecule has 0 aliphatic rings. The van der Waals surface area contributed by atoms with Gasteiger partial charge in [0.25, 0.3) is 0 Å². The van der Waals surface area contributed by atoms with Gasteiger partial charge in [0, 0.05) is 31.4 Å². The summed E-state index contributed by atoms with van der Waals surface area (Å²) in [5.41, 5.74) is 7.55. The van der Waals surface area contributed by atoms with Crippen LogP contribution in [0.2, 0.25) is 0 Å². The number of aryl methyl sites for hydroxylation is 1. The van der Waals surface area contributed by atoms with Gasteiger partial charge in [-0.05, 0) is 19.4 Å². The van der Waals surface area contributed by atoms with Gasteiger partial charge in [0.2, 0.25) is 5.91 Å². The summed E-state index contributed by atoms with van der Waals surface area (Å²) in [6.07, 6.45) is 0.937. The van der Waals surface area contributed by atoms with Crippen LogP contribution in [-0.4, -0.2) is 31.0 Å². The first-order valence-electron chi connectivity index (χ1n) is 6.23. The Balaban J connectivity index is 2.73. The van der Waals surface area contributed by atoms with E-state index in [2.05, 4.69) is 10.3 Å². The van der Waals surface area contributed by atoms with Crippen molar-refractivity contribution in [1.82, 2.24) is 10.3 Å². The van der Waals surface area contributed by atoms with Crippen LogP contribution in [0.1, 0.15) is 24.6 Å². The minimum Gasteiger partial charge on any atom is -0.355 e. The molecule has 0 saturated heterocycles. The van der Waals surface area contributed by atoms with E-state index < -0.39 is 0 Å². The maximum absolute atomic E-state index is 11.7. The second-order valence-electron chi connectivity index (χ2n) is 4.35. The minimum atomic E-state index is 0.00521. The van der Waals surface area contributed by atoms with Crippen molar-refractivity contribution >= 4 is 11.7 Å². The first kappa shape index (κ1) is 14.4. The second kappa shape index (κ2) is 6.96. The Bertz CT molecular complexity index is 406. The van der Waals surface area contributed by atoms with Gasteiger partial charge in [-0.25, -0.2) is 4.98 Å². The summed E-state index contributed by atoms with van der Waals surface area (Å²) in [5, 5.41) is 2.85. The van der Waals surface area contributed by atoms with Crippen molar-refractivity contribution in [3.63, 3.8) is 0 Å². The number of carbonyl (C=O) groups excluding carboxylic acids is 1. The second-order valence-corrected chi connectivity index (χ2v) is 4.35. The van der Waals surface area contributed by atoms with E-state index in [1.165, 1.54) is 0 Å². The van der Waals surface area contributed by atoms with Gasteiger partial charge in [0.05, 0.1) is 6.54 Å². The Hall–Kier alpha value is -1.62. The van der Waals surface area contributed by atoms with Gasteiger partial charge in [-0.1, -0.05) is 13.0 Å². The van der Waals surface area contributed by atoms with Crippen molar-refractivity contribution < 1.29 is 4.79 Å². The highest BCUT2D eigenvalue weighted by atomic mass is 16.2. The lowest BCUT2D eigenvalue weighted by Gasteiger charge is -2.20. The van der Waals surface area contributed by atoms with E-state index in [-0.39, 0.29) is 5.91 Å². The van der Waals surface area contributed by atoms with Crippen LogP contribution in [0.4, 0.5) is 5.82 Å².